The van der Waals surface area contributed by atoms with Crippen molar-refractivity contribution in [3.8, 4) is 0 Å². The minimum Gasteiger partial charge on any atom is -0.392 e. The molecule has 0 aliphatic carbocycles. The average molecular weight is 336 g/mol. The summed E-state index contributed by atoms with van der Waals surface area (Å²) in [5.41, 5.74) is 1.89. The van der Waals surface area contributed by atoms with Crippen molar-refractivity contribution in [2.75, 3.05) is 0 Å². The summed E-state index contributed by atoms with van der Waals surface area (Å²) in [5, 5.41) is 14.9. The van der Waals surface area contributed by atoms with E-state index < -0.39 is 0 Å². The zero-order valence-electron chi connectivity index (χ0n) is 12.9. The summed E-state index contributed by atoms with van der Waals surface area (Å²) in [6.45, 7) is 6.09. The van der Waals surface area contributed by atoms with E-state index in [1.807, 2.05) is 32.2 Å². The van der Waals surface area contributed by atoms with Gasteiger partial charge in [-0.2, -0.15) is 0 Å². The molecule has 2 heterocycles. The number of thiazole rings is 1. The predicted octanol–water partition coefficient (Wildman–Crippen LogP) is 3.59. The highest BCUT2D eigenvalue weighted by Crippen LogP contribution is 2.25. The summed E-state index contributed by atoms with van der Waals surface area (Å²) in [6, 6.07) is 1.82. The zero-order valence-corrected chi connectivity index (χ0v) is 14.6. The van der Waals surface area contributed by atoms with Crippen LogP contribution in [-0.4, -0.2) is 16.0 Å². The first kappa shape index (κ1) is 16.9. The molecule has 1 unspecified atom stereocenters. The fourth-order valence-corrected chi connectivity index (χ4v) is 3.78. The minimum absolute atomic E-state index is 0.0250. The molecule has 0 aliphatic rings. The molecule has 0 radical (unpaired) electrons. The molecular weight excluding hydrogens is 316 g/mol. The number of hydrogen-bond acceptors (Lipinski definition) is 5. The number of carbonyl (C=O) groups excluding carboxylic acids is 1. The normalized spacial score (nSPS) is 12.7. The van der Waals surface area contributed by atoms with Crippen molar-refractivity contribution >= 4 is 34.7 Å². The molecule has 118 valence electrons. The van der Waals surface area contributed by atoms with Crippen molar-refractivity contribution in [1.29, 1.82) is 0 Å². The van der Waals surface area contributed by atoms with E-state index in [0.717, 1.165) is 27.6 Å². The van der Waals surface area contributed by atoms with E-state index in [2.05, 4.69) is 10.3 Å². The monoisotopic (exact) mass is 336 g/mol. The van der Waals surface area contributed by atoms with E-state index >= 15 is 0 Å². The summed E-state index contributed by atoms with van der Waals surface area (Å²) in [5.74, 6) is -0.128. The van der Waals surface area contributed by atoms with Crippen molar-refractivity contribution in [1.82, 2.24) is 10.3 Å². The van der Waals surface area contributed by atoms with Crippen molar-refractivity contribution in [3.63, 3.8) is 0 Å². The number of aliphatic hydroxyl groups is 1. The maximum absolute atomic E-state index is 12.1. The van der Waals surface area contributed by atoms with Crippen LogP contribution >= 0.6 is 22.7 Å². The van der Waals surface area contributed by atoms with Gasteiger partial charge in [0.2, 0.25) is 5.91 Å². The Morgan fingerprint density at radius 2 is 2.27 bits per heavy atom. The lowest BCUT2D eigenvalue weighted by atomic mass is 10.2. The van der Waals surface area contributed by atoms with Gasteiger partial charge in [0.05, 0.1) is 18.3 Å². The topological polar surface area (TPSA) is 62.2 Å². The van der Waals surface area contributed by atoms with Gasteiger partial charge in [-0.05, 0) is 43.4 Å². The number of nitrogens with one attached hydrogen (secondary N) is 1. The SMILES string of the molecule is CCC(NC(=O)C=Cc1cc(CO)cs1)c1nc(C)c(C)s1. The Kier molecular flexibility index (Phi) is 5.88. The van der Waals surface area contributed by atoms with Crippen LogP contribution in [0.4, 0.5) is 0 Å². The third kappa shape index (κ3) is 4.25. The van der Waals surface area contributed by atoms with Crippen LogP contribution in [0.1, 0.15) is 45.4 Å². The lowest BCUT2D eigenvalue weighted by Crippen LogP contribution is -2.26. The van der Waals surface area contributed by atoms with Crippen molar-refractivity contribution < 1.29 is 9.90 Å². The molecule has 2 aromatic rings. The number of thiophene rings is 1. The Bertz CT molecular complexity index is 654. The van der Waals surface area contributed by atoms with Crippen LogP contribution in [0.5, 0.6) is 0 Å². The van der Waals surface area contributed by atoms with Gasteiger partial charge in [-0.1, -0.05) is 6.92 Å². The Labute approximate surface area is 138 Å². The average Bonchev–Trinajstić information content (AvgIpc) is 3.10. The van der Waals surface area contributed by atoms with Crippen LogP contribution in [0.15, 0.2) is 17.5 Å². The van der Waals surface area contributed by atoms with Crippen molar-refractivity contribution in [2.24, 2.45) is 0 Å². The van der Waals surface area contributed by atoms with Crippen molar-refractivity contribution in [2.45, 2.75) is 39.8 Å². The fourth-order valence-electron chi connectivity index (χ4n) is 1.93. The van der Waals surface area contributed by atoms with Gasteiger partial charge in [-0.25, -0.2) is 4.98 Å². The number of carbonyl (C=O) groups is 1. The molecule has 0 aromatic carbocycles. The standard InChI is InChI=1S/C16H20N2O2S2/c1-4-14(16-17-10(2)11(3)22-16)18-15(20)6-5-13-7-12(8-19)9-21-13/h5-7,9,14,19H,4,8H2,1-3H3,(H,18,20). The Balaban J connectivity index is 2.00. The van der Waals surface area contributed by atoms with E-state index in [-0.39, 0.29) is 18.6 Å². The molecule has 0 bridgehead atoms. The highest BCUT2D eigenvalue weighted by Gasteiger charge is 2.16. The van der Waals surface area contributed by atoms with Gasteiger partial charge in [0.25, 0.3) is 0 Å². The summed E-state index contributed by atoms with van der Waals surface area (Å²) in [4.78, 5) is 18.7. The molecule has 1 atom stereocenters. The number of amides is 1. The quantitative estimate of drug-likeness (QED) is 0.792. The summed E-state index contributed by atoms with van der Waals surface area (Å²) in [7, 11) is 0. The lowest BCUT2D eigenvalue weighted by Gasteiger charge is -2.12. The molecule has 6 heteroatoms. The number of aromatic nitrogens is 1. The third-order valence-electron chi connectivity index (χ3n) is 3.32. The molecule has 0 aliphatic heterocycles. The van der Waals surface area contributed by atoms with Gasteiger partial charge in [0.15, 0.2) is 0 Å². The molecule has 0 saturated carbocycles. The molecule has 0 saturated heterocycles. The molecule has 2 aromatic heterocycles. The molecule has 1 amide bonds. The smallest absolute Gasteiger partial charge is 0.244 e. The van der Waals surface area contributed by atoms with Crippen LogP contribution in [0.25, 0.3) is 6.08 Å². The Hall–Kier alpha value is -1.50. The predicted molar refractivity (Wildman–Crippen MR) is 92.0 cm³/mol. The van der Waals surface area contributed by atoms with Gasteiger partial charge in [-0.3, -0.25) is 4.79 Å². The highest BCUT2D eigenvalue weighted by atomic mass is 32.1. The maximum atomic E-state index is 12.1. The highest BCUT2D eigenvalue weighted by molar-refractivity contribution is 7.11. The van der Waals surface area contributed by atoms with Crippen LogP contribution in [0, 0.1) is 13.8 Å². The number of hydrogen-bond donors (Lipinski definition) is 2. The molecule has 2 N–H and O–H groups in total. The molecular formula is C16H20N2O2S2. The van der Waals surface area contributed by atoms with Crippen LogP contribution in [0.2, 0.25) is 0 Å². The minimum atomic E-state index is -0.128. The molecule has 22 heavy (non-hydrogen) atoms. The second-order valence-corrected chi connectivity index (χ2v) is 7.19. The molecule has 2 rings (SSSR count). The molecule has 4 nitrogen and oxygen atoms in total. The zero-order chi connectivity index (χ0) is 16.1. The fraction of sp³-hybridized carbons (Fsp3) is 0.375. The van der Waals surface area contributed by atoms with Gasteiger partial charge < -0.3 is 10.4 Å². The number of rotatable bonds is 6. The second kappa shape index (κ2) is 7.67. The van der Waals surface area contributed by atoms with E-state index in [9.17, 15) is 4.79 Å². The number of aliphatic hydroxyl groups excluding tert-OH is 1. The lowest BCUT2D eigenvalue weighted by molar-refractivity contribution is -0.117. The van der Waals surface area contributed by atoms with Gasteiger partial charge >= 0.3 is 0 Å². The molecule has 0 fully saturated rings. The van der Waals surface area contributed by atoms with E-state index in [1.165, 1.54) is 22.3 Å². The van der Waals surface area contributed by atoms with Gasteiger partial charge in [0.1, 0.15) is 5.01 Å². The third-order valence-corrected chi connectivity index (χ3v) is 5.46. The maximum Gasteiger partial charge on any atom is 0.244 e. The first-order valence-corrected chi connectivity index (χ1v) is 8.83. The first-order valence-electron chi connectivity index (χ1n) is 7.14. The Morgan fingerprint density at radius 3 is 2.82 bits per heavy atom. The summed E-state index contributed by atoms with van der Waals surface area (Å²) >= 11 is 3.14. The van der Waals surface area contributed by atoms with E-state index in [1.54, 1.807) is 17.4 Å². The van der Waals surface area contributed by atoms with Crippen LogP contribution < -0.4 is 5.32 Å². The summed E-state index contributed by atoms with van der Waals surface area (Å²) in [6.07, 6.45) is 4.10. The van der Waals surface area contributed by atoms with E-state index in [0.29, 0.717) is 0 Å². The van der Waals surface area contributed by atoms with Gasteiger partial charge in [-0.15, -0.1) is 22.7 Å². The van der Waals surface area contributed by atoms with Gasteiger partial charge in [0, 0.05) is 15.8 Å². The summed E-state index contributed by atoms with van der Waals surface area (Å²) < 4.78 is 0. The van der Waals surface area contributed by atoms with Crippen LogP contribution in [-0.2, 0) is 11.4 Å². The number of nitrogens with zero attached hydrogens (tertiary/aromatic N) is 1. The first-order chi connectivity index (χ1) is 10.5. The molecule has 0 spiro atoms. The number of aryl methyl sites for hydroxylation is 2. The second-order valence-electron chi connectivity index (χ2n) is 5.01. The van der Waals surface area contributed by atoms with Crippen LogP contribution in [0.3, 0.4) is 0 Å². The Morgan fingerprint density at radius 1 is 1.50 bits per heavy atom. The van der Waals surface area contributed by atoms with Crippen molar-refractivity contribution in [3.05, 3.63) is 43.5 Å². The van der Waals surface area contributed by atoms with E-state index in [4.69, 9.17) is 5.11 Å². The largest absolute Gasteiger partial charge is 0.392 e.